The number of fused-ring (bicyclic) bond motifs is 1. The maximum atomic E-state index is 9.26. The monoisotopic (exact) mass is 167 g/mol. The van der Waals surface area contributed by atoms with Crippen molar-refractivity contribution in [3.05, 3.63) is 23.8 Å². The van der Waals surface area contributed by atoms with Gasteiger partial charge in [-0.3, -0.25) is 0 Å². The minimum atomic E-state index is -0.271. The van der Waals surface area contributed by atoms with Crippen LogP contribution in [0, 0.1) is 0 Å². The van der Waals surface area contributed by atoms with E-state index in [4.69, 9.17) is 5.73 Å². The molecule has 3 N–H and O–H groups in total. The Morgan fingerprint density at radius 2 is 2.36 bits per heavy atom. The van der Waals surface area contributed by atoms with E-state index in [0.717, 1.165) is 17.0 Å². The largest absolute Gasteiger partial charge is 0.399 e. The summed E-state index contributed by atoms with van der Waals surface area (Å²) in [6.07, 6.45) is 0.727. The van der Waals surface area contributed by atoms with E-state index in [0.29, 0.717) is 0 Å². The molecule has 0 aromatic heterocycles. The first-order chi connectivity index (χ1) is 5.25. The summed E-state index contributed by atoms with van der Waals surface area (Å²) in [4.78, 5) is 1.16. The highest BCUT2D eigenvalue weighted by Crippen LogP contribution is 2.36. The van der Waals surface area contributed by atoms with Crippen LogP contribution in [0.25, 0.3) is 0 Å². The molecule has 1 heterocycles. The average molecular weight is 167 g/mol. The third-order valence-corrected chi connectivity index (χ3v) is 2.83. The summed E-state index contributed by atoms with van der Waals surface area (Å²) < 4.78 is 0. The third kappa shape index (κ3) is 1.21. The zero-order valence-corrected chi connectivity index (χ0v) is 6.77. The molecule has 3 heteroatoms. The number of rotatable bonds is 0. The molecule has 1 unspecified atom stereocenters. The smallest absolute Gasteiger partial charge is 0.108 e. The molecule has 0 amide bonds. The lowest BCUT2D eigenvalue weighted by atomic mass is 10.1. The van der Waals surface area contributed by atoms with Crippen molar-refractivity contribution in [2.75, 3.05) is 5.73 Å². The molecule has 11 heavy (non-hydrogen) atoms. The van der Waals surface area contributed by atoms with Gasteiger partial charge in [-0.2, -0.15) is 0 Å². The number of nitrogens with two attached hydrogens (primary N) is 1. The second-order valence-electron chi connectivity index (χ2n) is 2.64. The van der Waals surface area contributed by atoms with Crippen molar-refractivity contribution in [1.29, 1.82) is 0 Å². The average Bonchev–Trinajstić information content (AvgIpc) is 2.27. The summed E-state index contributed by atoms with van der Waals surface area (Å²) in [5, 5.41) is 9.26. The number of aliphatic hydroxyl groups excluding tert-OH is 1. The predicted molar refractivity (Wildman–Crippen MR) is 46.4 cm³/mol. The van der Waals surface area contributed by atoms with Crippen LogP contribution in [-0.2, 0) is 6.42 Å². The zero-order valence-electron chi connectivity index (χ0n) is 5.95. The summed E-state index contributed by atoms with van der Waals surface area (Å²) in [6.45, 7) is 0. The van der Waals surface area contributed by atoms with E-state index in [-0.39, 0.29) is 5.44 Å². The van der Waals surface area contributed by atoms with Crippen molar-refractivity contribution in [2.24, 2.45) is 0 Å². The molecule has 0 saturated carbocycles. The summed E-state index contributed by atoms with van der Waals surface area (Å²) in [5.74, 6) is 0. The Kier molecular flexibility index (Phi) is 1.55. The lowest BCUT2D eigenvalue weighted by Gasteiger charge is -1.96. The summed E-state index contributed by atoms with van der Waals surface area (Å²) >= 11 is 1.50. The van der Waals surface area contributed by atoms with Crippen molar-refractivity contribution >= 4 is 17.4 Å². The van der Waals surface area contributed by atoms with Crippen LogP contribution >= 0.6 is 11.8 Å². The molecule has 1 aromatic carbocycles. The van der Waals surface area contributed by atoms with Crippen LogP contribution < -0.4 is 5.73 Å². The highest BCUT2D eigenvalue weighted by atomic mass is 32.2. The fraction of sp³-hybridized carbons (Fsp3) is 0.250. The molecule has 0 spiro atoms. The molecule has 0 fully saturated rings. The third-order valence-electron chi connectivity index (χ3n) is 1.74. The van der Waals surface area contributed by atoms with Gasteiger partial charge in [0.1, 0.15) is 5.44 Å². The van der Waals surface area contributed by atoms with Gasteiger partial charge >= 0.3 is 0 Å². The molecular weight excluding hydrogens is 158 g/mol. The quantitative estimate of drug-likeness (QED) is 0.571. The van der Waals surface area contributed by atoms with Crippen molar-refractivity contribution in [1.82, 2.24) is 0 Å². The van der Waals surface area contributed by atoms with Gasteiger partial charge in [-0.05, 0) is 23.8 Å². The van der Waals surface area contributed by atoms with Crippen molar-refractivity contribution in [3.8, 4) is 0 Å². The number of benzene rings is 1. The molecule has 2 rings (SSSR count). The van der Waals surface area contributed by atoms with Gasteiger partial charge in [0.2, 0.25) is 0 Å². The van der Waals surface area contributed by atoms with E-state index >= 15 is 0 Å². The molecule has 1 aliphatic heterocycles. The van der Waals surface area contributed by atoms with E-state index in [2.05, 4.69) is 0 Å². The molecule has 0 aliphatic carbocycles. The fourth-order valence-electron chi connectivity index (χ4n) is 1.25. The van der Waals surface area contributed by atoms with Gasteiger partial charge in [0.05, 0.1) is 0 Å². The molecule has 0 radical (unpaired) electrons. The lowest BCUT2D eigenvalue weighted by Crippen LogP contribution is -1.96. The standard InChI is InChI=1S/C8H9NOS/c9-6-1-2-7-5(3-6)4-8(10)11-7/h1-3,8,10H,4,9H2. The molecule has 0 bridgehead atoms. The van der Waals surface area contributed by atoms with Gasteiger partial charge in [0, 0.05) is 17.0 Å². The van der Waals surface area contributed by atoms with Gasteiger partial charge < -0.3 is 10.8 Å². The first kappa shape index (κ1) is 7.00. The number of aliphatic hydroxyl groups is 1. The van der Waals surface area contributed by atoms with E-state index in [1.807, 2.05) is 18.2 Å². The van der Waals surface area contributed by atoms with E-state index in [1.54, 1.807) is 0 Å². The van der Waals surface area contributed by atoms with Gasteiger partial charge in [-0.25, -0.2) is 0 Å². The van der Waals surface area contributed by atoms with Crippen LogP contribution in [0.3, 0.4) is 0 Å². The Labute approximate surface area is 69.4 Å². The summed E-state index contributed by atoms with van der Waals surface area (Å²) in [5.41, 5.74) is 7.26. The Hall–Kier alpha value is -0.670. The minimum Gasteiger partial charge on any atom is -0.399 e. The Morgan fingerprint density at radius 1 is 1.55 bits per heavy atom. The summed E-state index contributed by atoms with van der Waals surface area (Å²) in [6, 6.07) is 5.76. The number of anilines is 1. The Balaban J connectivity index is 2.43. The maximum absolute atomic E-state index is 9.26. The van der Waals surface area contributed by atoms with Gasteiger partial charge in [-0.1, -0.05) is 11.8 Å². The highest BCUT2D eigenvalue weighted by molar-refractivity contribution is 8.00. The number of hydrogen-bond acceptors (Lipinski definition) is 3. The SMILES string of the molecule is Nc1ccc2c(c1)CC(O)S2. The normalized spacial score (nSPS) is 21.7. The number of hydrogen-bond donors (Lipinski definition) is 2. The van der Waals surface area contributed by atoms with Crippen LogP contribution in [0.4, 0.5) is 5.69 Å². The first-order valence-electron chi connectivity index (χ1n) is 3.49. The van der Waals surface area contributed by atoms with Gasteiger partial charge in [-0.15, -0.1) is 0 Å². The minimum absolute atomic E-state index is 0.271. The lowest BCUT2D eigenvalue weighted by molar-refractivity contribution is 0.268. The molecule has 1 atom stereocenters. The van der Waals surface area contributed by atoms with Crippen LogP contribution in [-0.4, -0.2) is 10.5 Å². The number of thioether (sulfide) groups is 1. The maximum Gasteiger partial charge on any atom is 0.108 e. The van der Waals surface area contributed by atoms with E-state index < -0.39 is 0 Å². The molecule has 2 nitrogen and oxygen atoms in total. The molecule has 1 aliphatic rings. The van der Waals surface area contributed by atoms with Crippen molar-refractivity contribution in [3.63, 3.8) is 0 Å². The highest BCUT2D eigenvalue weighted by Gasteiger charge is 2.19. The van der Waals surface area contributed by atoms with Crippen LogP contribution in [0.2, 0.25) is 0 Å². The molecule has 0 saturated heterocycles. The van der Waals surface area contributed by atoms with Crippen LogP contribution in [0.15, 0.2) is 23.1 Å². The second-order valence-corrected chi connectivity index (χ2v) is 3.86. The van der Waals surface area contributed by atoms with Crippen LogP contribution in [0.1, 0.15) is 5.56 Å². The predicted octanol–water partition coefficient (Wildman–Crippen LogP) is 1.24. The van der Waals surface area contributed by atoms with Gasteiger partial charge in [0.15, 0.2) is 0 Å². The van der Waals surface area contributed by atoms with Crippen molar-refractivity contribution < 1.29 is 5.11 Å². The topological polar surface area (TPSA) is 46.2 Å². The van der Waals surface area contributed by atoms with Gasteiger partial charge in [0.25, 0.3) is 0 Å². The zero-order chi connectivity index (χ0) is 7.84. The Morgan fingerprint density at radius 3 is 3.18 bits per heavy atom. The molecular formula is C8H9NOS. The molecule has 58 valence electrons. The van der Waals surface area contributed by atoms with Crippen molar-refractivity contribution in [2.45, 2.75) is 16.8 Å². The fourth-order valence-corrected chi connectivity index (χ4v) is 2.25. The van der Waals surface area contributed by atoms with E-state index in [1.165, 1.54) is 17.3 Å². The van der Waals surface area contributed by atoms with E-state index in [9.17, 15) is 5.11 Å². The Bertz CT molecular complexity index is 287. The first-order valence-corrected chi connectivity index (χ1v) is 4.37. The second kappa shape index (κ2) is 2.43. The van der Waals surface area contributed by atoms with Crippen LogP contribution in [0.5, 0.6) is 0 Å². The number of nitrogen functional groups attached to an aromatic ring is 1. The summed E-state index contributed by atoms with van der Waals surface area (Å²) in [7, 11) is 0. The molecule has 1 aromatic rings.